The SMILES string of the molecule is O=C(OCC1CC2CC1C1C3CCC(C3)C21)C(F)F. The van der Waals surface area contributed by atoms with Crippen LogP contribution in [0.5, 0.6) is 0 Å². The Kier molecular flexibility index (Phi) is 2.65. The Labute approximate surface area is 111 Å². The number of alkyl halides is 2. The molecule has 0 aromatic rings. The fraction of sp³-hybridized carbons (Fsp3) is 0.933. The average Bonchev–Trinajstić information content (AvgIpc) is 3.12. The molecular formula is C15H20F2O2. The maximum absolute atomic E-state index is 12.2. The normalized spacial score (nSPS) is 49.9. The van der Waals surface area contributed by atoms with Crippen LogP contribution in [0.2, 0.25) is 0 Å². The molecule has 2 nitrogen and oxygen atoms in total. The summed E-state index contributed by atoms with van der Waals surface area (Å²) in [7, 11) is 0. The second-order valence-corrected chi connectivity index (χ2v) is 7.07. The highest BCUT2D eigenvalue weighted by Crippen LogP contribution is 2.68. The van der Waals surface area contributed by atoms with Crippen LogP contribution in [-0.2, 0) is 9.53 Å². The second kappa shape index (κ2) is 4.16. The number of rotatable bonds is 3. The first-order chi connectivity index (χ1) is 9.15. The summed E-state index contributed by atoms with van der Waals surface area (Å²) in [5.41, 5.74) is 0. The van der Waals surface area contributed by atoms with Gasteiger partial charge < -0.3 is 4.74 Å². The molecule has 4 bridgehead atoms. The van der Waals surface area contributed by atoms with Crippen molar-refractivity contribution in [3.63, 3.8) is 0 Å². The van der Waals surface area contributed by atoms with Gasteiger partial charge in [-0.3, -0.25) is 0 Å². The molecule has 4 rings (SSSR count). The van der Waals surface area contributed by atoms with Crippen molar-refractivity contribution in [2.24, 2.45) is 41.4 Å². The lowest BCUT2D eigenvalue weighted by Crippen LogP contribution is -2.35. The Hall–Kier alpha value is -0.670. The fourth-order valence-electron chi connectivity index (χ4n) is 6.15. The molecule has 19 heavy (non-hydrogen) atoms. The number of ether oxygens (including phenoxy) is 1. The summed E-state index contributed by atoms with van der Waals surface area (Å²) in [6, 6.07) is 0. The Morgan fingerprint density at radius 2 is 1.79 bits per heavy atom. The van der Waals surface area contributed by atoms with Gasteiger partial charge in [0.2, 0.25) is 0 Å². The second-order valence-electron chi connectivity index (χ2n) is 7.07. The van der Waals surface area contributed by atoms with Crippen molar-refractivity contribution in [3.8, 4) is 0 Å². The number of hydrogen-bond acceptors (Lipinski definition) is 2. The Bertz CT molecular complexity index is 398. The third-order valence-corrected chi connectivity index (χ3v) is 6.49. The van der Waals surface area contributed by atoms with E-state index in [1.54, 1.807) is 0 Å². The van der Waals surface area contributed by atoms with Gasteiger partial charge in [0.25, 0.3) is 0 Å². The van der Waals surface area contributed by atoms with Crippen molar-refractivity contribution in [2.75, 3.05) is 6.61 Å². The minimum absolute atomic E-state index is 0.227. The summed E-state index contributed by atoms with van der Waals surface area (Å²) in [6.07, 6.45) is 3.59. The molecule has 0 aromatic carbocycles. The van der Waals surface area contributed by atoms with Gasteiger partial charge >= 0.3 is 12.4 Å². The summed E-state index contributed by atoms with van der Waals surface area (Å²) >= 11 is 0. The van der Waals surface area contributed by atoms with Gasteiger partial charge in [0.15, 0.2) is 0 Å². The molecule has 4 saturated carbocycles. The van der Waals surface area contributed by atoms with Gasteiger partial charge in [0.1, 0.15) is 0 Å². The summed E-state index contributed by atoms with van der Waals surface area (Å²) in [5, 5.41) is 0. The van der Waals surface area contributed by atoms with Crippen molar-refractivity contribution in [1.82, 2.24) is 0 Å². The highest BCUT2D eigenvalue weighted by atomic mass is 19.3. The van der Waals surface area contributed by atoms with Crippen molar-refractivity contribution in [2.45, 2.75) is 38.5 Å². The van der Waals surface area contributed by atoms with E-state index in [4.69, 9.17) is 4.74 Å². The smallest absolute Gasteiger partial charge is 0.373 e. The molecule has 0 amide bonds. The van der Waals surface area contributed by atoms with E-state index in [9.17, 15) is 13.6 Å². The van der Waals surface area contributed by atoms with Crippen LogP contribution in [0.25, 0.3) is 0 Å². The number of halogens is 2. The lowest BCUT2D eigenvalue weighted by atomic mass is 9.68. The van der Waals surface area contributed by atoms with E-state index in [1.807, 2.05) is 0 Å². The minimum Gasteiger partial charge on any atom is -0.461 e. The molecule has 0 aliphatic heterocycles. The number of carbonyl (C=O) groups is 1. The van der Waals surface area contributed by atoms with Crippen LogP contribution < -0.4 is 0 Å². The molecule has 0 radical (unpaired) electrons. The molecule has 0 heterocycles. The van der Waals surface area contributed by atoms with Gasteiger partial charge in [-0.1, -0.05) is 0 Å². The average molecular weight is 270 g/mol. The van der Waals surface area contributed by atoms with Crippen LogP contribution in [0.15, 0.2) is 0 Å². The molecule has 106 valence electrons. The molecule has 0 saturated heterocycles. The minimum atomic E-state index is -2.98. The van der Waals surface area contributed by atoms with E-state index in [0.717, 1.165) is 36.0 Å². The molecule has 4 aliphatic rings. The molecule has 0 spiro atoms. The van der Waals surface area contributed by atoms with Crippen molar-refractivity contribution in [3.05, 3.63) is 0 Å². The van der Waals surface area contributed by atoms with Crippen LogP contribution in [-0.4, -0.2) is 19.0 Å². The van der Waals surface area contributed by atoms with Crippen molar-refractivity contribution >= 4 is 5.97 Å². The van der Waals surface area contributed by atoms with E-state index < -0.39 is 12.4 Å². The first-order valence-corrected chi connectivity index (χ1v) is 7.60. The first kappa shape index (κ1) is 12.1. The van der Waals surface area contributed by atoms with Crippen LogP contribution in [0.1, 0.15) is 32.1 Å². The van der Waals surface area contributed by atoms with Gasteiger partial charge in [-0.25, -0.2) is 4.79 Å². The highest BCUT2D eigenvalue weighted by molar-refractivity contribution is 5.72. The maximum Gasteiger partial charge on any atom is 0.373 e. The zero-order valence-corrected chi connectivity index (χ0v) is 10.9. The van der Waals surface area contributed by atoms with Crippen molar-refractivity contribution in [1.29, 1.82) is 0 Å². The summed E-state index contributed by atoms with van der Waals surface area (Å²) in [5.74, 6) is 4.05. The highest BCUT2D eigenvalue weighted by Gasteiger charge is 2.62. The van der Waals surface area contributed by atoms with Gasteiger partial charge in [0.05, 0.1) is 6.61 Å². The number of esters is 1. The molecule has 0 N–H and O–H groups in total. The summed E-state index contributed by atoms with van der Waals surface area (Å²) < 4.78 is 29.1. The lowest BCUT2D eigenvalue weighted by Gasteiger charge is -2.38. The van der Waals surface area contributed by atoms with Gasteiger partial charge in [-0.15, -0.1) is 0 Å². The van der Waals surface area contributed by atoms with Crippen LogP contribution in [0.3, 0.4) is 0 Å². The standard InChI is InChI=1S/C15H20F2O2/c16-14(17)15(18)19-6-10-4-9-5-11(10)13-8-2-1-7(3-8)12(9)13/h7-14H,1-6H2. The fourth-order valence-corrected chi connectivity index (χ4v) is 6.15. The molecule has 7 atom stereocenters. The Morgan fingerprint density at radius 1 is 1.05 bits per heavy atom. The quantitative estimate of drug-likeness (QED) is 0.582. The Balaban J connectivity index is 1.41. The molecule has 7 unspecified atom stereocenters. The monoisotopic (exact) mass is 270 g/mol. The van der Waals surface area contributed by atoms with Gasteiger partial charge in [-0.2, -0.15) is 8.78 Å². The predicted octanol–water partition coefficient (Wildman–Crippen LogP) is 3.11. The van der Waals surface area contributed by atoms with E-state index in [-0.39, 0.29) is 6.61 Å². The summed E-state index contributed by atoms with van der Waals surface area (Å²) in [6.45, 7) is 0.227. The van der Waals surface area contributed by atoms with Crippen LogP contribution >= 0.6 is 0 Å². The van der Waals surface area contributed by atoms with E-state index in [1.165, 1.54) is 25.7 Å². The molecule has 4 fully saturated rings. The van der Waals surface area contributed by atoms with Crippen LogP contribution in [0, 0.1) is 41.4 Å². The molecular weight excluding hydrogens is 250 g/mol. The summed E-state index contributed by atoms with van der Waals surface area (Å²) in [4.78, 5) is 10.9. The van der Waals surface area contributed by atoms with E-state index in [0.29, 0.717) is 11.8 Å². The lowest BCUT2D eigenvalue weighted by molar-refractivity contribution is -0.158. The maximum atomic E-state index is 12.2. The third kappa shape index (κ3) is 1.67. The molecule has 0 aromatic heterocycles. The zero-order chi connectivity index (χ0) is 13.1. The topological polar surface area (TPSA) is 26.3 Å². The zero-order valence-electron chi connectivity index (χ0n) is 10.9. The van der Waals surface area contributed by atoms with Crippen LogP contribution in [0.4, 0.5) is 8.78 Å². The predicted molar refractivity (Wildman–Crippen MR) is 64.5 cm³/mol. The van der Waals surface area contributed by atoms with Gasteiger partial charge in [-0.05, 0) is 73.5 Å². The molecule has 4 aliphatic carbocycles. The van der Waals surface area contributed by atoms with E-state index in [2.05, 4.69) is 0 Å². The largest absolute Gasteiger partial charge is 0.461 e. The first-order valence-electron chi connectivity index (χ1n) is 7.60. The number of hydrogen-bond donors (Lipinski definition) is 0. The van der Waals surface area contributed by atoms with Gasteiger partial charge in [0, 0.05) is 0 Å². The number of fused-ring (bicyclic) bond motifs is 9. The molecule has 4 heteroatoms. The number of carbonyl (C=O) groups excluding carboxylic acids is 1. The Morgan fingerprint density at radius 3 is 2.53 bits per heavy atom. The van der Waals surface area contributed by atoms with E-state index >= 15 is 0 Å². The van der Waals surface area contributed by atoms with Crippen molar-refractivity contribution < 1.29 is 18.3 Å². The third-order valence-electron chi connectivity index (χ3n) is 6.49.